The second-order valence-electron chi connectivity index (χ2n) is 1.94. The summed E-state index contributed by atoms with van der Waals surface area (Å²) in [5.41, 5.74) is 2.13. The summed E-state index contributed by atoms with van der Waals surface area (Å²) < 4.78 is 3.13. The Balaban J connectivity index is 0.000000561. The smallest absolute Gasteiger partial charge is 0.0655 e. The first-order valence-electron chi connectivity index (χ1n) is 4.05. The van der Waals surface area contributed by atoms with Gasteiger partial charge in [0.2, 0.25) is 0 Å². The van der Waals surface area contributed by atoms with E-state index in [0.717, 1.165) is 11.4 Å². The zero-order chi connectivity index (χ0) is 9.40. The van der Waals surface area contributed by atoms with Crippen LogP contribution in [0.3, 0.4) is 0 Å². The van der Waals surface area contributed by atoms with Gasteiger partial charge in [-0.3, -0.25) is 4.98 Å². The maximum Gasteiger partial charge on any atom is 0.0655 e. The van der Waals surface area contributed by atoms with Crippen molar-refractivity contribution in [1.82, 2.24) is 4.98 Å². The normalized spacial score (nSPS) is 8.33. The van der Waals surface area contributed by atoms with E-state index in [1.807, 2.05) is 39.2 Å². The van der Waals surface area contributed by atoms with Crippen molar-refractivity contribution < 1.29 is 0 Å². The Bertz CT molecular complexity index is 213. The molecule has 1 aromatic rings. The van der Waals surface area contributed by atoms with Gasteiger partial charge in [0.15, 0.2) is 0 Å². The lowest BCUT2D eigenvalue weighted by molar-refractivity contribution is 1.21. The Morgan fingerprint density at radius 1 is 1.42 bits per heavy atom. The van der Waals surface area contributed by atoms with Gasteiger partial charge < -0.3 is 4.72 Å². The third kappa shape index (κ3) is 3.62. The van der Waals surface area contributed by atoms with Gasteiger partial charge in [0.05, 0.1) is 11.4 Å². The molecule has 0 aliphatic carbocycles. The lowest BCUT2D eigenvalue weighted by atomic mass is 10.3. The fourth-order valence-electron chi connectivity index (χ4n) is 0.702. The van der Waals surface area contributed by atoms with Gasteiger partial charge in [0.25, 0.3) is 0 Å². The summed E-state index contributed by atoms with van der Waals surface area (Å²) in [5.74, 6) is 0. The van der Waals surface area contributed by atoms with E-state index in [-0.39, 0.29) is 0 Å². The van der Waals surface area contributed by atoms with Crippen LogP contribution in [0, 0.1) is 6.92 Å². The highest BCUT2D eigenvalue weighted by molar-refractivity contribution is 7.99. The number of anilines is 1. The van der Waals surface area contributed by atoms with Gasteiger partial charge in [-0.05, 0) is 19.1 Å². The van der Waals surface area contributed by atoms with Crippen LogP contribution in [0.2, 0.25) is 0 Å². The number of aryl methyl sites for hydroxylation is 1. The van der Waals surface area contributed by atoms with Crippen molar-refractivity contribution in [3.63, 3.8) is 0 Å². The maximum absolute atomic E-state index is 4.12. The molecule has 68 valence electrons. The Hall–Kier alpha value is -0.700. The molecule has 0 radical (unpaired) electrons. The van der Waals surface area contributed by atoms with E-state index in [4.69, 9.17) is 0 Å². The Morgan fingerprint density at radius 3 is 2.58 bits per heavy atom. The van der Waals surface area contributed by atoms with Gasteiger partial charge >= 0.3 is 0 Å². The summed E-state index contributed by atoms with van der Waals surface area (Å²) in [6, 6.07) is 3.93. The quantitative estimate of drug-likeness (QED) is 0.715. The molecule has 0 saturated carbocycles. The predicted molar refractivity (Wildman–Crippen MR) is 57.5 cm³/mol. The van der Waals surface area contributed by atoms with Crippen molar-refractivity contribution in [2.75, 3.05) is 11.0 Å². The molecule has 0 aliphatic heterocycles. The average molecular weight is 184 g/mol. The molecule has 1 aromatic heterocycles. The highest BCUT2D eigenvalue weighted by Crippen LogP contribution is 2.12. The number of aromatic nitrogens is 1. The molecule has 0 unspecified atom stereocenters. The molecule has 1 rings (SSSR count). The Morgan fingerprint density at radius 2 is 2.08 bits per heavy atom. The van der Waals surface area contributed by atoms with Crippen LogP contribution in [0.15, 0.2) is 18.3 Å². The molecule has 0 bridgehead atoms. The minimum atomic E-state index is 1.04. The molecular weight excluding hydrogens is 168 g/mol. The monoisotopic (exact) mass is 184 g/mol. The van der Waals surface area contributed by atoms with Crippen LogP contribution in [0.1, 0.15) is 19.5 Å². The molecule has 3 heteroatoms. The van der Waals surface area contributed by atoms with Crippen LogP contribution in [-0.2, 0) is 0 Å². The third-order valence-corrected chi connectivity index (χ3v) is 1.64. The first-order chi connectivity index (χ1) is 5.84. The fourth-order valence-corrected chi connectivity index (χ4v) is 1.14. The van der Waals surface area contributed by atoms with Crippen molar-refractivity contribution >= 4 is 17.6 Å². The molecule has 0 spiro atoms. The van der Waals surface area contributed by atoms with Gasteiger partial charge in [-0.2, -0.15) is 0 Å². The number of pyridine rings is 1. The second-order valence-corrected chi connectivity index (χ2v) is 2.55. The minimum Gasteiger partial charge on any atom is -0.328 e. The van der Waals surface area contributed by atoms with Gasteiger partial charge in [0, 0.05) is 12.5 Å². The summed E-state index contributed by atoms with van der Waals surface area (Å²) >= 11 is 1.58. The maximum atomic E-state index is 4.12. The standard InChI is InChI=1S/C7H10N2S.C2H6/c1-6-7(9-10-2)4-3-5-8-6;1-2/h3-5,9H,1-2H3;1-2H3. The van der Waals surface area contributed by atoms with Gasteiger partial charge in [-0.25, -0.2) is 0 Å². The number of rotatable bonds is 2. The molecule has 0 saturated heterocycles. The Labute approximate surface area is 78.9 Å². The molecule has 0 amide bonds. The summed E-state index contributed by atoms with van der Waals surface area (Å²) in [5, 5.41) is 0. The van der Waals surface area contributed by atoms with Crippen molar-refractivity contribution in [3.05, 3.63) is 24.0 Å². The molecule has 0 fully saturated rings. The van der Waals surface area contributed by atoms with Crippen LogP contribution in [0.5, 0.6) is 0 Å². The largest absolute Gasteiger partial charge is 0.328 e. The molecule has 0 aliphatic rings. The van der Waals surface area contributed by atoms with Crippen LogP contribution >= 0.6 is 11.9 Å². The number of hydrogen-bond acceptors (Lipinski definition) is 3. The number of nitrogens with one attached hydrogen (secondary N) is 1. The predicted octanol–water partition coefficient (Wildman–Crippen LogP) is 3.11. The zero-order valence-corrected chi connectivity index (χ0v) is 8.90. The molecule has 0 aromatic carbocycles. The average Bonchev–Trinajstić information content (AvgIpc) is 2.13. The van der Waals surface area contributed by atoms with Crippen LogP contribution in [0.4, 0.5) is 5.69 Å². The van der Waals surface area contributed by atoms with Gasteiger partial charge in [0.1, 0.15) is 0 Å². The van der Waals surface area contributed by atoms with E-state index in [9.17, 15) is 0 Å². The van der Waals surface area contributed by atoms with Crippen molar-refractivity contribution in [1.29, 1.82) is 0 Å². The third-order valence-electron chi connectivity index (χ3n) is 1.22. The number of nitrogens with zero attached hydrogens (tertiary/aromatic N) is 1. The Kier molecular flexibility index (Phi) is 6.57. The summed E-state index contributed by atoms with van der Waals surface area (Å²) in [6.45, 7) is 5.98. The SMILES string of the molecule is CC.CSNc1cccnc1C. The fraction of sp³-hybridized carbons (Fsp3) is 0.444. The summed E-state index contributed by atoms with van der Waals surface area (Å²) in [7, 11) is 0. The van der Waals surface area contributed by atoms with Crippen LogP contribution in [0.25, 0.3) is 0 Å². The number of hydrogen-bond donors (Lipinski definition) is 1. The lowest BCUT2D eigenvalue weighted by Gasteiger charge is -2.02. The van der Waals surface area contributed by atoms with Crippen molar-refractivity contribution in [2.24, 2.45) is 0 Å². The second kappa shape index (κ2) is 6.98. The highest BCUT2D eigenvalue weighted by Gasteiger charge is 1.92. The summed E-state index contributed by atoms with van der Waals surface area (Å²) in [6.07, 6.45) is 3.78. The van der Waals surface area contributed by atoms with E-state index in [1.54, 1.807) is 18.1 Å². The first kappa shape index (κ1) is 11.3. The molecule has 12 heavy (non-hydrogen) atoms. The molecule has 1 N–H and O–H groups in total. The molecule has 2 nitrogen and oxygen atoms in total. The van der Waals surface area contributed by atoms with Crippen molar-refractivity contribution in [3.8, 4) is 0 Å². The zero-order valence-electron chi connectivity index (χ0n) is 8.09. The first-order valence-corrected chi connectivity index (χ1v) is 5.27. The van der Waals surface area contributed by atoms with E-state index in [2.05, 4.69) is 9.71 Å². The van der Waals surface area contributed by atoms with Gasteiger partial charge in [-0.1, -0.05) is 25.8 Å². The van der Waals surface area contributed by atoms with Crippen LogP contribution in [-0.4, -0.2) is 11.2 Å². The van der Waals surface area contributed by atoms with Crippen molar-refractivity contribution in [2.45, 2.75) is 20.8 Å². The lowest BCUT2D eigenvalue weighted by Crippen LogP contribution is -1.89. The van der Waals surface area contributed by atoms with Gasteiger partial charge in [-0.15, -0.1) is 0 Å². The van der Waals surface area contributed by atoms with E-state index in [1.165, 1.54) is 0 Å². The highest BCUT2D eigenvalue weighted by atomic mass is 32.2. The molecule has 0 atom stereocenters. The topological polar surface area (TPSA) is 24.9 Å². The van der Waals surface area contributed by atoms with E-state index < -0.39 is 0 Å². The van der Waals surface area contributed by atoms with E-state index in [0.29, 0.717) is 0 Å². The molecular formula is C9H16N2S. The van der Waals surface area contributed by atoms with E-state index >= 15 is 0 Å². The van der Waals surface area contributed by atoms with Crippen LogP contribution < -0.4 is 4.72 Å². The summed E-state index contributed by atoms with van der Waals surface area (Å²) in [4.78, 5) is 4.12. The molecule has 1 heterocycles. The minimum absolute atomic E-state index is 1.04.